The molecule has 0 unspecified atom stereocenters. The smallest absolute Gasteiger partial charge is 0.312 e. The van der Waals surface area contributed by atoms with Crippen molar-refractivity contribution in [3.63, 3.8) is 0 Å². The molecule has 20 heavy (non-hydrogen) atoms. The van der Waals surface area contributed by atoms with Gasteiger partial charge in [-0.1, -0.05) is 6.07 Å². The molecule has 7 heteroatoms. The molecule has 1 aliphatic rings. The van der Waals surface area contributed by atoms with E-state index in [0.717, 1.165) is 13.1 Å². The van der Waals surface area contributed by atoms with Crippen LogP contribution in [-0.4, -0.2) is 48.6 Å². The standard InChI is InChI=1S/C13H16N2O5/c16-13(4-5-14-6-8-19-9-7-14)20-12-3-1-2-11(10-12)15(17)18/h1-3,10H,4-9H2. The molecule has 1 saturated heterocycles. The van der Waals surface area contributed by atoms with Crippen LogP contribution in [0.3, 0.4) is 0 Å². The number of esters is 1. The first-order valence-electron chi connectivity index (χ1n) is 6.40. The van der Waals surface area contributed by atoms with E-state index in [4.69, 9.17) is 9.47 Å². The molecule has 1 aliphatic heterocycles. The van der Waals surface area contributed by atoms with E-state index in [-0.39, 0.29) is 17.9 Å². The van der Waals surface area contributed by atoms with Crippen LogP contribution in [0.2, 0.25) is 0 Å². The van der Waals surface area contributed by atoms with E-state index in [9.17, 15) is 14.9 Å². The molecule has 7 nitrogen and oxygen atoms in total. The minimum absolute atomic E-state index is 0.0940. The molecule has 0 aromatic heterocycles. The summed E-state index contributed by atoms with van der Waals surface area (Å²) in [5.41, 5.74) is -0.0940. The average Bonchev–Trinajstić information content (AvgIpc) is 2.46. The maximum absolute atomic E-state index is 11.7. The van der Waals surface area contributed by atoms with E-state index in [1.54, 1.807) is 0 Å². The van der Waals surface area contributed by atoms with Crippen LogP contribution >= 0.6 is 0 Å². The third-order valence-electron chi connectivity index (χ3n) is 3.00. The summed E-state index contributed by atoms with van der Waals surface area (Å²) in [6.45, 7) is 3.59. The highest BCUT2D eigenvalue weighted by Crippen LogP contribution is 2.19. The van der Waals surface area contributed by atoms with Gasteiger partial charge in [0.15, 0.2) is 0 Å². The molecule has 0 saturated carbocycles. The molecule has 1 aromatic rings. The van der Waals surface area contributed by atoms with Gasteiger partial charge in [-0.25, -0.2) is 0 Å². The Kier molecular flexibility index (Phi) is 5.03. The number of non-ortho nitro benzene ring substituents is 1. The number of benzene rings is 1. The van der Waals surface area contributed by atoms with Crippen molar-refractivity contribution in [3.05, 3.63) is 34.4 Å². The second-order valence-electron chi connectivity index (χ2n) is 4.43. The third kappa shape index (κ3) is 4.29. The highest BCUT2D eigenvalue weighted by molar-refractivity contribution is 5.72. The quantitative estimate of drug-likeness (QED) is 0.349. The first-order valence-corrected chi connectivity index (χ1v) is 6.40. The molecule has 1 fully saturated rings. The van der Waals surface area contributed by atoms with Gasteiger partial charge in [-0.3, -0.25) is 19.8 Å². The lowest BCUT2D eigenvalue weighted by molar-refractivity contribution is -0.384. The molecule has 0 atom stereocenters. The number of hydrogen-bond donors (Lipinski definition) is 0. The summed E-state index contributed by atoms with van der Waals surface area (Å²) in [6, 6.07) is 5.61. The summed E-state index contributed by atoms with van der Waals surface area (Å²) in [5, 5.41) is 10.6. The van der Waals surface area contributed by atoms with Crippen molar-refractivity contribution in [3.8, 4) is 5.75 Å². The average molecular weight is 280 g/mol. The van der Waals surface area contributed by atoms with Crippen molar-refractivity contribution in [1.82, 2.24) is 4.90 Å². The minimum Gasteiger partial charge on any atom is -0.426 e. The number of nitrogens with zero attached hydrogens (tertiary/aromatic N) is 2. The number of ether oxygens (including phenoxy) is 2. The van der Waals surface area contributed by atoms with E-state index in [1.165, 1.54) is 24.3 Å². The summed E-state index contributed by atoms with van der Waals surface area (Å²) in [5.74, 6) is -0.192. The van der Waals surface area contributed by atoms with Gasteiger partial charge < -0.3 is 9.47 Å². The number of carbonyl (C=O) groups excluding carboxylic acids is 1. The molecule has 1 heterocycles. The second kappa shape index (κ2) is 6.97. The van der Waals surface area contributed by atoms with Gasteiger partial charge in [0.2, 0.25) is 0 Å². The van der Waals surface area contributed by atoms with Gasteiger partial charge in [0, 0.05) is 25.7 Å². The van der Waals surface area contributed by atoms with Crippen LogP contribution in [0.15, 0.2) is 24.3 Å². The lowest BCUT2D eigenvalue weighted by atomic mass is 10.3. The largest absolute Gasteiger partial charge is 0.426 e. The Morgan fingerprint density at radius 3 is 2.85 bits per heavy atom. The van der Waals surface area contributed by atoms with Gasteiger partial charge >= 0.3 is 5.97 Å². The minimum atomic E-state index is -0.523. The lowest BCUT2D eigenvalue weighted by Gasteiger charge is -2.25. The van der Waals surface area contributed by atoms with Crippen LogP contribution in [-0.2, 0) is 9.53 Å². The lowest BCUT2D eigenvalue weighted by Crippen LogP contribution is -2.37. The fourth-order valence-electron chi connectivity index (χ4n) is 1.92. The monoisotopic (exact) mass is 280 g/mol. The van der Waals surface area contributed by atoms with Crippen molar-refractivity contribution in [1.29, 1.82) is 0 Å². The molecular weight excluding hydrogens is 264 g/mol. The van der Waals surface area contributed by atoms with Crippen LogP contribution in [0.5, 0.6) is 5.75 Å². The van der Waals surface area contributed by atoms with Crippen molar-refractivity contribution in [2.45, 2.75) is 6.42 Å². The molecule has 0 aliphatic carbocycles. The number of morpholine rings is 1. The van der Waals surface area contributed by atoms with Crippen LogP contribution < -0.4 is 4.74 Å². The van der Waals surface area contributed by atoms with E-state index in [2.05, 4.69) is 4.90 Å². The maximum atomic E-state index is 11.7. The van der Waals surface area contributed by atoms with Gasteiger partial charge in [0.1, 0.15) is 5.75 Å². The Morgan fingerprint density at radius 1 is 1.40 bits per heavy atom. The van der Waals surface area contributed by atoms with E-state index >= 15 is 0 Å². The van der Waals surface area contributed by atoms with Crippen molar-refractivity contribution < 1.29 is 19.2 Å². The van der Waals surface area contributed by atoms with Crippen LogP contribution in [0.4, 0.5) is 5.69 Å². The first-order chi connectivity index (χ1) is 9.65. The SMILES string of the molecule is O=C(CCN1CCOCC1)Oc1cccc([N+](=O)[O-])c1. The van der Waals surface area contributed by atoms with Crippen LogP contribution in [0.25, 0.3) is 0 Å². The molecule has 0 spiro atoms. The second-order valence-corrected chi connectivity index (χ2v) is 4.43. The maximum Gasteiger partial charge on any atom is 0.312 e. The van der Waals surface area contributed by atoms with Gasteiger partial charge in [-0.2, -0.15) is 0 Å². The molecule has 0 bridgehead atoms. The van der Waals surface area contributed by atoms with Gasteiger partial charge in [0.05, 0.1) is 30.6 Å². The van der Waals surface area contributed by atoms with Crippen LogP contribution in [0.1, 0.15) is 6.42 Å². The fraction of sp³-hybridized carbons (Fsp3) is 0.462. The molecule has 1 aromatic carbocycles. The molecular formula is C13H16N2O5. The summed E-state index contributed by atoms with van der Waals surface area (Å²) in [7, 11) is 0. The Hall–Kier alpha value is -1.99. The number of rotatable bonds is 5. The zero-order valence-electron chi connectivity index (χ0n) is 11.0. The normalized spacial score (nSPS) is 15.8. The van der Waals surface area contributed by atoms with E-state index < -0.39 is 10.9 Å². The Balaban J connectivity index is 1.81. The van der Waals surface area contributed by atoms with Crippen molar-refractivity contribution in [2.75, 3.05) is 32.8 Å². The number of nitro benzene ring substituents is 1. The van der Waals surface area contributed by atoms with E-state index in [0.29, 0.717) is 19.8 Å². The van der Waals surface area contributed by atoms with E-state index in [1.807, 2.05) is 0 Å². The highest BCUT2D eigenvalue weighted by atomic mass is 16.6. The third-order valence-corrected chi connectivity index (χ3v) is 3.00. The molecule has 2 rings (SSSR count). The number of hydrogen-bond acceptors (Lipinski definition) is 6. The summed E-state index contributed by atoms with van der Waals surface area (Å²) >= 11 is 0. The Morgan fingerprint density at radius 2 is 2.15 bits per heavy atom. The zero-order chi connectivity index (χ0) is 14.4. The summed E-state index contributed by atoms with van der Waals surface area (Å²) < 4.78 is 10.3. The van der Waals surface area contributed by atoms with Crippen molar-refractivity contribution in [2.24, 2.45) is 0 Å². The van der Waals surface area contributed by atoms with Crippen LogP contribution in [0, 0.1) is 10.1 Å². The zero-order valence-corrected chi connectivity index (χ0v) is 11.0. The predicted molar refractivity (Wildman–Crippen MR) is 70.6 cm³/mol. The highest BCUT2D eigenvalue weighted by Gasteiger charge is 2.14. The Labute approximate surface area is 116 Å². The van der Waals surface area contributed by atoms with Gasteiger partial charge in [0.25, 0.3) is 5.69 Å². The number of carbonyl (C=O) groups is 1. The van der Waals surface area contributed by atoms with Crippen molar-refractivity contribution >= 4 is 11.7 Å². The first kappa shape index (κ1) is 14.4. The molecule has 0 amide bonds. The summed E-state index contributed by atoms with van der Waals surface area (Å²) in [4.78, 5) is 23.9. The van der Waals surface area contributed by atoms with Gasteiger partial charge in [-0.15, -0.1) is 0 Å². The fourth-order valence-corrected chi connectivity index (χ4v) is 1.92. The predicted octanol–water partition coefficient (Wildman–Crippen LogP) is 1.22. The Bertz CT molecular complexity index is 485. The summed E-state index contributed by atoms with van der Waals surface area (Å²) in [6.07, 6.45) is 0.253. The topological polar surface area (TPSA) is 81.9 Å². The van der Waals surface area contributed by atoms with Gasteiger partial charge in [-0.05, 0) is 6.07 Å². The molecule has 0 radical (unpaired) electrons. The number of nitro groups is 1. The molecule has 108 valence electrons. The molecule has 0 N–H and O–H groups in total.